The molecule has 1 N–H and O–H groups in total. The van der Waals surface area contributed by atoms with E-state index in [1.165, 1.54) is 0 Å². The summed E-state index contributed by atoms with van der Waals surface area (Å²) in [7, 11) is 0. The van der Waals surface area contributed by atoms with Gasteiger partial charge < -0.3 is 5.11 Å². The van der Waals surface area contributed by atoms with Gasteiger partial charge in [-0.15, -0.1) is 0 Å². The summed E-state index contributed by atoms with van der Waals surface area (Å²) in [5, 5.41) is 8.58. The van der Waals surface area contributed by atoms with Crippen molar-refractivity contribution in [1.29, 1.82) is 0 Å². The molecular weight excluding hydrogens is 185 g/mol. The van der Waals surface area contributed by atoms with Gasteiger partial charge in [0.25, 0.3) is 0 Å². The number of hydrogen-bond donors (Lipinski definition) is 1. The van der Waals surface area contributed by atoms with Gasteiger partial charge >= 0.3 is 5.97 Å². The predicted octanol–water partition coefficient (Wildman–Crippen LogP) is 1.55. The minimum absolute atomic E-state index is 0.0693. The number of fused-ring (bicyclic) bond motifs is 1. The molecule has 1 unspecified atom stereocenters. The van der Waals surface area contributed by atoms with Crippen LogP contribution in [-0.2, 0) is 4.79 Å². The zero-order chi connectivity index (χ0) is 10.1. The average molecular weight is 199 g/mol. The quantitative estimate of drug-likeness (QED) is 0.651. The van der Waals surface area contributed by atoms with Crippen molar-refractivity contribution >= 4 is 5.97 Å². The van der Waals surface area contributed by atoms with Gasteiger partial charge in [-0.2, -0.15) is 4.39 Å². The molecule has 78 valence electrons. The van der Waals surface area contributed by atoms with Crippen LogP contribution in [0.4, 0.5) is 4.39 Å². The fourth-order valence-corrected chi connectivity index (χ4v) is 2.48. The van der Waals surface area contributed by atoms with Gasteiger partial charge in [-0.25, -0.2) is 4.79 Å². The molecule has 0 saturated carbocycles. The summed E-state index contributed by atoms with van der Waals surface area (Å²) >= 11 is 0. The average Bonchev–Trinajstić information content (AvgIpc) is 2.60. The van der Waals surface area contributed by atoms with Crippen LogP contribution in [0.1, 0.15) is 25.7 Å². The maximum Gasteiger partial charge on any atom is 0.364 e. The van der Waals surface area contributed by atoms with Crippen molar-refractivity contribution in [3.8, 4) is 0 Å². The highest BCUT2D eigenvalue weighted by Gasteiger charge is 2.34. The third-order valence-corrected chi connectivity index (χ3v) is 3.15. The van der Waals surface area contributed by atoms with Crippen LogP contribution in [0.3, 0.4) is 0 Å². The van der Waals surface area contributed by atoms with Crippen molar-refractivity contribution in [2.24, 2.45) is 0 Å². The third-order valence-electron chi connectivity index (χ3n) is 3.15. The van der Waals surface area contributed by atoms with E-state index in [2.05, 4.69) is 4.90 Å². The lowest BCUT2D eigenvalue weighted by atomic mass is 9.98. The number of aliphatic carboxylic acids is 1. The molecule has 0 aromatic rings. The number of halogens is 1. The molecule has 2 heterocycles. The van der Waals surface area contributed by atoms with Crippen molar-refractivity contribution < 1.29 is 14.3 Å². The Morgan fingerprint density at radius 2 is 2.21 bits per heavy atom. The van der Waals surface area contributed by atoms with Gasteiger partial charge in [0.15, 0.2) is 0 Å². The molecule has 2 aliphatic rings. The van der Waals surface area contributed by atoms with E-state index in [1.807, 2.05) is 0 Å². The van der Waals surface area contributed by atoms with Crippen molar-refractivity contribution in [3.05, 3.63) is 11.4 Å². The third kappa shape index (κ3) is 1.54. The summed E-state index contributed by atoms with van der Waals surface area (Å²) in [6.07, 6.45) is 3.73. The maximum absolute atomic E-state index is 13.3. The van der Waals surface area contributed by atoms with Crippen LogP contribution in [-0.4, -0.2) is 35.1 Å². The summed E-state index contributed by atoms with van der Waals surface area (Å²) in [6.45, 7) is 1.81. The zero-order valence-corrected chi connectivity index (χ0v) is 8.00. The van der Waals surface area contributed by atoms with Crippen LogP contribution in [0.2, 0.25) is 0 Å². The van der Waals surface area contributed by atoms with Gasteiger partial charge in [-0.05, 0) is 31.4 Å². The number of carbonyl (C=O) groups is 1. The molecule has 2 aliphatic heterocycles. The first-order valence-electron chi connectivity index (χ1n) is 5.06. The first kappa shape index (κ1) is 9.65. The largest absolute Gasteiger partial charge is 0.476 e. The number of hydrogen-bond acceptors (Lipinski definition) is 2. The molecule has 0 aromatic carbocycles. The zero-order valence-electron chi connectivity index (χ0n) is 8.00. The molecule has 2 saturated heterocycles. The molecule has 0 bridgehead atoms. The van der Waals surface area contributed by atoms with Gasteiger partial charge in [0, 0.05) is 12.6 Å². The second kappa shape index (κ2) is 3.69. The minimum atomic E-state index is -1.41. The molecular formula is C10H14FNO2. The summed E-state index contributed by atoms with van der Waals surface area (Å²) in [6, 6.07) is 0.0693. The van der Waals surface area contributed by atoms with Crippen molar-refractivity contribution in [2.45, 2.75) is 31.7 Å². The fraction of sp³-hybridized carbons (Fsp3) is 0.700. The Balaban J connectivity index is 2.22. The summed E-state index contributed by atoms with van der Waals surface area (Å²) in [5.41, 5.74) is 0.511. The van der Waals surface area contributed by atoms with Crippen molar-refractivity contribution in [3.63, 3.8) is 0 Å². The van der Waals surface area contributed by atoms with E-state index in [9.17, 15) is 9.18 Å². The lowest BCUT2D eigenvalue weighted by Gasteiger charge is -2.29. The monoisotopic (exact) mass is 199 g/mol. The first-order chi connectivity index (χ1) is 6.70. The van der Waals surface area contributed by atoms with Gasteiger partial charge in [0.05, 0.1) is 0 Å². The molecule has 0 aliphatic carbocycles. The molecule has 1 atom stereocenters. The molecule has 0 amide bonds. The Morgan fingerprint density at radius 3 is 2.93 bits per heavy atom. The lowest BCUT2D eigenvalue weighted by Crippen LogP contribution is -2.35. The van der Waals surface area contributed by atoms with Gasteiger partial charge in [-0.1, -0.05) is 6.42 Å². The van der Waals surface area contributed by atoms with Gasteiger partial charge in [-0.3, -0.25) is 4.90 Å². The van der Waals surface area contributed by atoms with Crippen LogP contribution in [0.25, 0.3) is 0 Å². The number of nitrogens with zero attached hydrogens (tertiary/aromatic N) is 1. The number of piperidine rings is 1. The lowest BCUT2D eigenvalue weighted by molar-refractivity contribution is -0.134. The topological polar surface area (TPSA) is 40.5 Å². The van der Waals surface area contributed by atoms with E-state index in [1.54, 1.807) is 0 Å². The van der Waals surface area contributed by atoms with E-state index in [0.717, 1.165) is 32.4 Å². The number of carboxylic acids is 1. The minimum Gasteiger partial charge on any atom is -0.476 e. The Bertz CT molecular complexity index is 288. The molecule has 2 fully saturated rings. The van der Waals surface area contributed by atoms with Crippen LogP contribution >= 0.6 is 0 Å². The van der Waals surface area contributed by atoms with Gasteiger partial charge in [0.1, 0.15) is 0 Å². The Labute approximate surface area is 82.2 Å². The van der Waals surface area contributed by atoms with E-state index in [4.69, 9.17) is 5.11 Å². The van der Waals surface area contributed by atoms with Crippen LogP contribution < -0.4 is 0 Å². The summed E-state index contributed by atoms with van der Waals surface area (Å²) < 4.78 is 13.3. The number of rotatable bonds is 1. The molecule has 3 nitrogen and oxygen atoms in total. The molecule has 2 rings (SSSR count). The molecule has 14 heavy (non-hydrogen) atoms. The summed E-state index contributed by atoms with van der Waals surface area (Å²) in [5.74, 6) is -2.33. The number of carboxylic acid groups (broad SMARTS) is 1. The second-order valence-electron chi connectivity index (χ2n) is 3.94. The normalized spacial score (nSPS) is 31.4. The van der Waals surface area contributed by atoms with E-state index >= 15 is 0 Å². The van der Waals surface area contributed by atoms with E-state index in [-0.39, 0.29) is 6.04 Å². The smallest absolute Gasteiger partial charge is 0.364 e. The van der Waals surface area contributed by atoms with Crippen LogP contribution in [0.15, 0.2) is 11.4 Å². The first-order valence-corrected chi connectivity index (χ1v) is 5.06. The van der Waals surface area contributed by atoms with E-state index < -0.39 is 11.8 Å². The summed E-state index contributed by atoms with van der Waals surface area (Å²) in [4.78, 5) is 12.7. The molecule has 0 aromatic heterocycles. The Hall–Kier alpha value is -0.900. The van der Waals surface area contributed by atoms with Crippen molar-refractivity contribution in [2.75, 3.05) is 13.1 Å². The van der Waals surface area contributed by atoms with Crippen LogP contribution in [0, 0.1) is 0 Å². The van der Waals surface area contributed by atoms with Crippen LogP contribution in [0.5, 0.6) is 0 Å². The van der Waals surface area contributed by atoms with Crippen molar-refractivity contribution in [1.82, 2.24) is 4.90 Å². The maximum atomic E-state index is 13.3. The molecule has 0 spiro atoms. The predicted molar refractivity (Wildman–Crippen MR) is 49.6 cm³/mol. The van der Waals surface area contributed by atoms with Gasteiger partial charge in [0.2, 0.25) is 5.83 Å². The Morgan fingerprint density at radius 1 is 1.43 bits per heavy atom. The standard InChI is InChI=1S/C10H14FNO2/c11-9(10(13)14)7-4-6-12-5-2-1-3-8(7)12/h8H,1-6H2,(H,13,14). The van der Waals surface area contributed by atoms with E-state index in [0.29, 0.717) is 12.0 Å². The second-order valence-corrected chi connectivity index (χ2v) is 3.94. The Kier molecular flexibility index (Phi) is 2.54. The molecule has 4 heteroatoms. The highest BCUT2D eigenvalue weighted by molar-refractivity contribution is 5.85. The SMILES string of the molecule is O=C(O)C(F)=C1CCN2CCCCC12. The highest BCUT2D eigenvalue weighted by Crippen LogP contribution is 2.33. The highest BCUT2D eigenvalue weighted by atomic mass is 19.1. The molecule has 0 radical (unpaired) electrons. The fourth-order valence-electron chi connectivity index (χ4n) is 2.48.